The number of aryl methyl sites for hydroxylation is 1. The fraction of sp³-hybridized carbons (Fsp3) is 0.364. The van der Waals surface area contributed by atoms with Crippen LogP contribution >= 0.6 is 0 Å². The van der Waals surface area contributed by atoms with Gasteiger partial charge in [0.1, 0.15) is 5.82 Å². The largest absolute Gasteiger partial charge is 0.349 e. The van der Waals surface area contributed by atoms with Gasteiger partial charge < -0.3 is 5.32 Å². The Kier molecular flexibility index (Phi) is 2.23. The predicted octanol–water partition coefficient (Wildman–Crippen LogP) is 2.09. The minimum Gasteiger partial charge on any atom is -0.349 e. The summed E-state index contributed by atoms with van der Waals surface area (Å²) in [7, 11) is 0. The van der Waals surface area contributed by atoms with Gasteiger partial charge in [0.25, 0.3) is 0 Å². The van der Waals surface area contributed by atoms with Crippen molar-refractivity contribution in [2.24, 2.45) is 0 Å². The van der Waals surface area contributed by atoms with E-state index in [1.54, 1.807) is 6.07 Å². The monoisotopic (exact) mass is 193 g/mol. The van der Waals surface area contributed by atoms with Crippen LogP contribution in [0.1, 0.15) is 30.0 Å². The van der Waals surface area contributed by atoms with E-state index in [9.17, 15) is 9.18 Å². The van der Waals surface area contributed by atoms with Crippen molar-refractivity contribution in [1.29, 1.82) is 0 Å². The third-order valence-corrected chi connectivity index (χ3v) is 2.53. The minimum absolute atomic E-state index is 0.00924. The maximum atomic E-state index is 13.5. The quantitative estimate of drug-likeness (QED) is 0.727. The lowest BCUT2D eigenvalue weighted by Crippen LogP contribution is -2.19. The SMILES string of the molecule is Cc1ccc(C2CCC(=O)N2)c(F)c1. The number of carbonyl (C=O) groups is 1. The molecular formula is C11H12FNO. The van der Waals surface area contributed by atoms with Crippen LogP contribution in [0.5, 0.6) is 0 Å². The first-order valence-corrected chi connectivity index (χ1v) is 4.72. The van der Waals surface area contributed by atoms with E-state index in [-0.39, 0.29) is 17.8 Å². The highest BCUT2D eigenvalue weighted by Gasteiger charge is 2.24. The zero-order chi connectivity index (χ0) is 10.1. The normalized spacial score (nSPS) is 21.0. The molecule has 0 aromatic heterocycles. The Morgan fingerprint density at radius 3 is 2.86 bits per heavy atom. The van der Waals surface area contributed by atoms with Gasteiger partial charge in [-0.05, 0) is 25.0 Å². The Hall–Kier alpha value is -1.38. The van der Waals surface area contributed by atoms with Crippen molar-refractivity contribution in [3.63, 3.8) is 0 Å². The topological polar surface area (TPSA) is 29.1 Å². The van der Waals surface area contributed by atoms with Crippen LogP contribution < -0.4 is 5.32 Å². The zero-order valence-electron chi connectivity index (χ0n) is 8.01. The molecule has 14 heavy (non-hydrogen) atoms. The zero-order valence-corrected chi connectivity index (χ0v) is 8.01. The van der Waals surface area contributed by atoms with Gasteiger partial charge in [-0.1, -0.05) is 12.1 Å². The van der Waals surface area contributed by atoms with Crippen LogP contribution in [-0.4, -0.2) is 5.91 Å². The van der Waals surface area contributed by atoms with Crippen LogP contribution in [-0.2, 0) is 4.79 Å². The maximum Gasteiger partial charge on any atom is 0.220 e. The van der Waals surface area contributed by atoms with E-state index in [2.05, 4.69) is 5.32 Å². The number of hydrogen-bond donors (Lipinski definition) is 1. The van der Waals surface area contributed by atoms with Crippen LogP contribution in [0.25, 0.3) is 0 Å². The van der Waals surface area contributed by atoms with E-state index in [1.807, 2.05) is 13.0 Å². The number of halogens is 1. The number of rotatable bonds is 1. The smallest absolute Gasteiger partial charge is 0.220 e. The number of carbonyl (C=O) groups excluding carboxylic acids is 1. The molecule has 0 radical (unpaired) electrons. The molecule has 1 heterocycles. The first kappa shape index (κ1) is 9.19. The molecule has 1 unspecified atom stereocenters. The Labute approximate surface area is 82.1 Å². The molecule has 1 amide bonds. The molecule has 74 valence electrons. The van der Waals surface area contributed by atoms with Crippen LogP contribution in [0.2, 0.25) is 0 Å². The molecule has 1 aromatic carbocycles. The van der Waals surface area contributed by atoms with E-state index in [1.165, 1.54) is 6.07 Å². The van der Waals surface area contributed by atoms with Gasteiger partial charge in [-0.15, -0.1) is 0 Å². The van der Waals surface area contributed by atoms with Gasteiger partial charge in [-0.2, -0.15) is 0 Å². The Morgan fingerprint density at radius 1 is 1.50 bits per heavy atom. The second-order valence-electron chi connectivity index (χ2n) is 3.68. The molecular weight excluding hydrogens is 181 g/mol. The molecule has 3 heteroatoms. The molecule has 2 nitrogen and oxygen atoms in total. The molecule has 1 aliphatic heterocycles. The van der Waals surface area contributed by atoms with Crippen molar-refractivity contribution in [3.8, 4) is 0 Å². The van der Waals surface area contributed by atoms with Crippen LogP contribution in [0.4, 0.5) is 4.39 Å². The molecule has 0 spiro atoms. The molecule has 0 bridgehead atoms. The second kappa shape index (κ2) is 3.40. The van der Waals surface area contributed by atoms with Gasteiger partial charge in [-0.3, -0.25) is 4.79 Å². The minimum atomic E-state index is -0.225. The van der Waals surface area contributed by atoms with Gasteiger partial charge in [0.15, 0.2) is 0 Å². The third kappa shape index (κ3) is 1.62. The van der Waals surface area contributed by atoms with Crippen molar-refractivity contribution >= 4 is 5.91 Å². The fourth-order valence-electron chi connectivity index (χ4n) is 1.76. The standard InChI is InChI=1S/C11H12FNO/c1-7-2-3-8(9(12)6-7)10-4-5-11(14)13-10/h2-3,6,10H,4-5H2,1H3,(H,13,14). The molecule has 0 aliphatic carbocycles. The summed E-state index contributed by atoms with van der Waals surface area (Å²) in [5, 5.41) is 2.75. The van der Waals surface area contributed by atoms with Crippen molar-refractivity contribution in [3.05, 3.63) is 35.1 Å². The maximum absolute atomic E-state index is 13.5. The van der Waals surface area contributed by atoms with Crippen molar-refractivity contribution < 1.29 is 9.18 Å². The van der Waals surface area contributed by atoms with E-state index >= 15 is 0 Å². The molecule has 1 aromatic rings. The molecule has 2 rings (SSSR count). The summed E-state index contributed by atoms with van der Waals surface area (Å²) >= 11 is 0. The summed E-state index contributed by atoms with van der Waals surface area (Å²) in [5.74, 6) is -0.216. The Balaban J connectivity index is 2.28. The first-order chi connectivity index (χ1) is 6.66. The van der Waals surface area contributed by atoms with Gasteiger partial charge >= 0.3 is 0 Å². The highest BCUT2D eigenvalue weighted by Crippen LogP contribution is 2.26. The summed E-state index contributed by atoms with van der Waals surface area (Å²) < 4.78 is 13.5. The van der Waals surface area contributed by atoms with Crippen LogP contribution in [0, 0.1) is 12.7 Å². The number of nitrogens with one attached hydrogen (secondary N) is 1. The number of amides is 1. The molecule has 1 saturated heterocycles. The molecule has 1 N–H and O–H groups in total. The van der Waals surface area contributed by atoms with Crippen LogP contribution in [0.15, 0.2) is 18.2 Å². The van der Waals surface area contributed by atoms with Crippen molar-refractivity contribution in [1.82, 2.24) is 5.32 Å². The van der Waals surface area contributed by atoms with Crippen molar-refractivity contribution in [2.75, 3.05) is 0 Å². The fourth-order valence-corrected chi connectivity index (χ4v) is 1.76. The lowest BCUT2D eigenvalue weighted by molar-refractivity contribution is -0.119. The van der Waals surface area contributed by atoms with Crippen LogP contribution in [0.3, 0.4) is 0 Å². The summed E-state index contributed by atoms with van der Waals surface area (Å²) in [6, 6.07) is 4.98. The summed E-state index contributed by atoms with van der Waals surface area (Å²) in [6.07, 6.45) is 1.19. The highest BCUT2D eigenvalue weighted by atomic mass is 19.1. The van der Waals surface area contributed by atoms with E-state index in [4.69, 9.17) is 0 Å². The van der Waals surface area contributed by atoms with Gasteiger partial charge in [-0.25, -0.2) is 4.39 Å². The van der Waals surface area contributed by atoms with E-state index < -0.39 is 0 Å². The Bertz CT molecular complexity index is 376. The highest BCUT2D eigenvalue weighted by molar-refractivity contribution is 5.78. The average molecular weight is 193 g/mol. The summed E-state index contributed by atoms with van der Waals surface area (Å²) in [4.78, 5) is 11.0. The summed E-state index contributed by atoms with van der Waals surface area (Å²) in [6.45, 7) is 1.85. The summed E-state index contributed by atoms with van der Waals surface area (Å²) in [5.41, 5.74) is 1.50. The lowest BCUT2D eigenvalue weighted by Gasteiger charge is -2.11. The average Bonchev–Trinajstić information content (AvgIpc) is 2.51. The second-order valence-corrected chi connectivity index (χ2v) is 3.68. The number of hydrogen-bond acceptors (Lipinski definition) is 1. The lowest BCUT2D eigenvalue weighted by atomic mass is 10.0. The van der Waals surface area contributed by atoms with Crippen molar-refractivity contribution in [2.45, 2.75) is 25.8 Å². The van der Waals surface area contributed by atoms with Gasteiger partial charge in [0.05, 0.1) is 6.04 Å². The molecule has 1 atom stereocenters. The Morgan fingerprint density at radius 2 is 2.29 bits per heavy atom. The molecule has 0 saturated carbocycles. The third-order valence-electron chi connectivity index (χ3n) is 2.53. The first-order valence-electron chi connectivity index (χ1n) is 4.72. The van der Waals surface area contributed by atoms with E-state index in [0.717, 1.165) is 5.56 Å². The molecule has 1 aliphatic rings. The molecule has 1 fully saturated rings. The van der Waals surface area contributed by atoms with Gasteiger partial charge in [0, 0.05) is 12.0 Å². The number of benzene rings is 1. The van der Waals surface area contributed by atoms with Gasteiger partial charge in [0.2, 0.25) is 5.91 Å². The van der Waals surface area contributed by atoms with E-state index in [0.29, 0.717) is 18.4 Å². The predicted molar refractivity (Wildman–Crippen MR) is 51.3 cm³/mol.